The average molecular weight is 354 g/mol. The predicted molar refractivity (Wildman–Crippen MR) is 91.5 cm³/mol. The zero-order valence-corrected chi connectivity index (χ0v) is 14.0. The first-order valence-electron chi connectivity index (χ1n) is 8.23. The van der Waals surface area contributed by atoms with Gasteiger partial charge in [0.05, 0.1) is 18.4 Å². The Morgan fingerprint density at radius 1 is 1.15 bits per heavy atom. The number of nitrogens with zero attached hydrogens (tertiary/aromatic N) is 3. The summed E-state index contributed by atoms with van der Waals surface area (Å²) in [5.41, 5.74) is 0.656. The molecule has 3 rings (SSSR count). The van der Waals surface area contributed by atoms with Crippen LogP contribution in [0.15, 0.2) is 42.7 Å². The van der Waals surface area contributed by atoms with E-state index >= 15 is 0 Å². The minimum atomic E-state index is -1.21. The molecule has 1 saturated heterocycles. The van der Waals surface area contributed by atoms with Crippen LogP contribution in [0.25, 0.3) is 0 Å². The number of nitrogens with one attached hydrogen (secondary N) is 1. The molecule has 26 heavy (non-hydrogen) atoms. The van der Waals surface area contributed by atoms with E-state index in [1.54, 1.807) is 4.90 Å². The monoisotopic (exact) mass is 354 g/mol. The van der Waals surface area contributed by atoms with Crippen molar-refractivity contribution in [3.05, 3.63) is 59.7 Å². The van der Waals surface area contributed by atoms with Gasteiger partial charge in [0.1, 0.15) is 5.69 Å². The van der Waals surface area contributed by atoms with Crippen molar-refractivity contribution in [2.75, 3.05) is 13.1 Å². The second-order valence-electron chi connectivity index (χ2n) is 5.97. The molecule has 1 aromatic heterocycles. The molecule has 0 spiro atoms. The average Bonchev–Trinajstić information content (AvgIpc) is 3.06. The molecule has 1 unspecified atom stereocenters. The van der Waals surface area contributed by atoms with E-state index < -0.39 is 17.9 Å². The van der Waals surface area contributed by atoms with Gasteiger partial charge in [-0.05, 0) is 12.0 Å². The summed E-state index contributed by atoms with van der Waals surface area (Å²) in [5.74, 6) is -1.61. The van der Waals surface area contributed by atoms with Gasteiger partial charge in [-0.15, -0.1) is 0 Å². The fourth-order valence-corrected chi connectivity index (χ4v) is 2.83. The Balaban J connectivity index is 1.77. The highest BCUT2D eigenvalue weighted by molar-refractivity contribution is 5.93. The molecule has 1 aromatic carbocycles. The summed E-state index contributed by atoms with van der Waals surface area (Å²) in [6.45, 7) is 1.04. The summed E-state index contributed by atoms with van der Waals surface area (Å²) in [6.07, 6.45) is 3.51. The van der Waals surface area contributed by atoms with Gasteiger partial charge >= 0.3 is 5.97 Å². The molecule has 2 amide bonds. The van der Waals surface area contributed by atoms with Crippen LogP contribution in [0.3, 0.4) is 0 Å². The van der Waals surface area contributed by atoms with E-state index in [-0.39, 0.29) is 17.3 Å². The van der Waals surface area contributed by atoms with Crippen LogP contribution in [0.5, 0.6) is 0 Å². The zero-order chi connectivity index (χ0) is 18.5. The quantitative estimate of drug-likeness (QED) is 0.808. The fraction of sp³-hybridized carbons (Fsp3) is 0.278. The molecule has 2 heterocycles. The first-order valence-corrected chi connectivity index (χ1v) is 8.23. The Morgan fingerprint density at radius 3 is 2.42 bits per heavy atom. The van der Waals surface area contributed by atoms with E-state index in [9.17, 15) is 14.4 Å². The number of carboxylic acids is 1. The maximum Gasteiger partial charge on any atom is 0.356 e. The van der Waals surface area contributed by atoms with Crippen LogP contribution in [-0.4, -0.2) is 50.8 Å². The van der Waals surface area contributed by atoms with Crippen molar-refractivity contribution in [1.29, 1.82) is 0 Å². The van der Waals surface area contributed by atoms with Gasteiger partial charge in [0.15, 0.2) is 5.69 Å². The van der Waals surface area contributed by atoms with Gasteiger partial charge in [0.2, 0.25) is 5.91 Å². The molecule has 0 saturated carbocycles. The second-order valence-corrected chi connectivity index (χ2v) is 5.97. The minimum Gasteiger partial charge on any atom is -0.476 e. The van der Waals surface area contributed by atoms with E-state index in [1.165, 1.54) is 0 Å². The van der Waals surface area contributed by atoms with Crippen molar-refractivity contribution >= 4 is 17.8 Å². The number of aromatic nitrogens is 2. The van der Waals surface area contributed by atoms with Gasteiger partial charge < -0.3 is 15.3 Å². The normalized spacial score (nSPS) is 14.9. The number of hydrogen-bond donors (Lipinski definition) is 2. The summed E-state index contributed by atoms with van der Waals surface area (Å²) < 4.78 is 0. The molecule has 1 aliphatic rings. The Morgan fingerprint density at radius 2 is 1.85 bits per heavy atom. The van der Waals surface area contributed by atoms with Crippen LogP contribution >= 0.6 is 0 Å². The summed E-state index contributed by atoms with van der Waals surface area (Å²) >= 11 is 0. The number of aromatic carboxylic acids is 1. The third-order valence-corrected chi connectivity index (χ3v) is 4.19. The summed E-state index contributed by atoms with van der Waals surface area (Å²) in [6, 6.07) is 8.96. The van der Waals surface area contributed by atoms with Gasteiger partial charge in [-0.3, -0.25) is 9.59 Å². The molecule has 8 heteroatoms. The van der Waals surface area contributed by atoms with Crippen LogP contribution in [0.4, 0.5) is 0 Å². The third-order valence-electron chi connectivity index (χ3n) is 4.19. The molecular weight excluding hydrogens is 336 g/mol. The SMILES string of the molecule is O=C(O)c1cnc(C(=O)NC(CN2CCCC2=O)c2ccccc2)cn1. The highest BCUT2D eigenvalue weighted by Crippen LogP contribution is 2.19. The first-order chi connectivity index (χ1) is 12.5. The maximum absolute atomic E-state index is 12.5. The lowest BCUT2D eigenvalue weighted by atomic mass is 10.1. The number of carboxylic acid groups (broad SMARTS) is 1. The maximum atomic E-state index is 12.5. The number of carbonyl (C=O) groups excluding carboxylic acids is 2. The lowest BCUT2D eigenvalue weighted by molar-refractivity contribution is -0.128. The standard InChI is InChI=1S/C18H18N4O4/c23-16-7-4-8-22(16)11-15(12-5-2-1-3-6-12)21-17(24)13-9-20-14(10-19-13)18(25)26/h1-3,5-6,9-10,15H,4,7-8,11H2,(H,21,24)(H,25,26). The summed E-state index contributed by atoms with van der Waals surface area (Å²) in [4.78, 5) is 44.6. The van der Waals surface area contributed by atoms with Crippen molar-refractivity contribution in [1.82, 2.24) is 20.2 Å². The largest absolute Gasteiger partial charge is 0.476 e. The summed E-state index contributed by atoms with van der Waals surface area (Å²) in [7, 11) is 0. The van der Waals surface area contributed by atoms with Crippen molar-refractivity contribution in [3.63, 3.8) is 0 Å². The highest BCUT2D eigenvalue weighted by Gasteiger charge is 2.26. The van der Waals surface area contributed by atoms with Crippen LogP contribution in [-0.2, 0) is 4.79 Å². The van der Waals surface area contributed by atoms with Crippen LogP contribution in [0, 0.1) is 0 Å². The molecule has 0 aliphatic carbocycles. The van der Waals surface area contributed by atoms with Crippen molar-refractivity contribution < 1.29 is 19.5 Å². The molecule has 0 radical (unpaired) electrons. The zero-order valence-electron chi connectivity index (χ0n) is 14.0. The van der Waals surface area contributed by atoms with Gasteiger partial charge in [-0.25, -0.2) is 14.8 Å². The third kappa shape index (κ3) is 4.02. The lowest BCUT2D eigenvalue weighted by Crippen LogP contribution is -2.39. The Kier molecular flexibility index (Phi) is 5.21. The van der Waals surface area contributed by atoms with Gasteiger partial charge in [0, 0.05) is 19.5 Å². The van der Waals surface area contributed by atoms with Gasteiger partial charge in [0.25, 0.3) is 5.91 Å². The molecule has 134 valence electrons. The van der Waals surface area contributed by atoms with Gasteiger partial charge in [-0.2, -0.15) is 0 Å². The lowest BCUT2D eigenvalue weighted by Gasteiger charge is -2.25. The van der Waals surface area contributed by atoms with E-state index in [4.69, 9.17) is 5.11 Å². The molecule has 1 fully saturated rings. The molecule has 1 aliphatic heterocycles. The summed E-state index contributed by atoms with van der Waals surface area (Å²) in [5, 5.41) is 11.7. The Bertz CT molecular complexity index is 808. The smallest absolute Gasteiger partial charge is 0.356 e. The fourth-order valence-electron chi connectivity index (χ4n) is 2.83. The van der Waals surface area contributed by atoms with E-state index in [2.05, 4.69) is 15.3 Å². The number of amides is 2. The number of carbonyl (C=O) groups is 3. The number of rotatable bonds is 6. The van der Waals surface area contributed by atoms with Crippen molar-refractivity contribution in [2.45, 2.75) is 18.9 Å². The topological polar surface area (TPSA) is 112 Å². The molecule has 2 aromatic rings. The van der Waals surface area contributed by atoms with Crippen molar-refractivity contribution in [3.8, 4) is 0 Å². The first kappa shape index (κ1) is 17.5. The van der Waals surface area contributed by atoms with Crippen molar-refractivity contribution in [2.24, 2.45) is 0 Å². The molecular formula is C18H18N4O4. The minimum absolute atomic E-state index is 0.0173. The molecule has 1 atom stereocenters. The molecule has 8 nitrogen and oxygen atoms in total. The van der Waals surface area contributed by atoms with E-state index in [0.29, 0.717) is 19.5 Å². The number of benzene rings is 1. The highest BCUT2D eigenvalue weighted by atomic mass is 16.4. The molecule has 0 bridgehead atoms. The van der Waals surface area contributed by atoms with E-state index in [1.807, 2.05) is 30.3 Å². The van der Waals surface area contributed by atoms with Crippen LogP contribution in [0.2, 0.25) is 0 Å². The van der Waals surface area contributed by atoms with Gasteiger partial charge in [-0.1, -0.05) is 30.3 Å². The molecule has 2 N–H and O–H groups in total. The Hall–Kier alpha value is -3.29. The number of likely N-dealkylation sites (tertiary alicyclic amines) is 1. The van der Waals surface area contributed by atoms with Crippen LogP contribution in [0.1, 0.15) is 45.4 Å². The van der Waals surface area contributed by atoms with E-state index in [0.717, 1.165) is 24.4 Å². The van der Waals surface area contributed by atoms with Crippen LogP contribution < -0.4 is 5.32 Å². The number of hydrogen-bond acceptors (Lipinski definition) is 5. The second kappa shape index (κ2) is 7.73. The predicted octanol–water partition coefficient (Wildman–Crippen LogP) is 1.27. The Labute approximate surface area is 149 Å².